The lowest BCUT2D eigenvalue weighted by Gasteiger charge is -2.11. The first kappa shape index (κ1) is 13.4. The normalized spacial score (nSPS) is 13.8. The summed E-state index contributed by atoms with van der Waals surface area (Å²) in [6.45, 7) is 3.58. The minimum Gasteiger partial charge on any atom is -0.354 e. The maximum atomic E-state index is 6.08. The van der Waals surface area contributed by atoms with E-state index in [0.29, 0.717) is 15.7 Å². The van der Waals surface area contributed by atoms with Gasteiger partial charge >= 0.3 is 0 Å². The Bertz CT molecular complexity index is 395. The predicted molar refractivity (Wildman–Crippen MR) is 72.4 cm³/mol. The number of aliphatic imine (C=N–C) groups is 1. The van der Waals surface area contributed by atoms with Crippen molar-refractivity contribution in [3.63, 3.8) is 0 Å². The molecule has 88 valence electrons. The van der Waals surface area contributed by atoms with Gasteiger partial charge in [0, 0.05) is 6.54 Å². The van der Waals surface area contributed by atoms with Gasteiger partial charge in [-0.1, -0.05) is 23.2 Å². The molecule has 0 saturated carbocycles. The van der Waals surface area contributed by atoms with Crippen molar-refractivity contribution in [3.8, 4) is 0 Å². The van der Waals surface area contributed by atoms with Gasteiger partial charge in [-0.2, -0.15) is 0 Å². The molecular weight excluding hydrogens is 268 g/mol. The molecule has 2 N–H and O–H groups in total. The van der Waals surface area contributed by atoms with Gasteiger partial charge in [-0.25, -0.2) is 0 Å². The van der Waals surface area contributed by atoms with Crippen molar-refractivity contribution in [2.24, 2.45) is 4.99 Å². The van der Waals surface area contributed by atoms with Crippen LogP contribution in [0.5, 0.6) is 0 Å². The molecule has 1 heterocycles. The average Bonchev–Trinajstić information content (AvgIpc) is 2.63. The van der Waals surface area contributed by atoms with E-state index >= 15 is 0 Å². The first-order valence-corrected chi connectivity index (χ1v) is 5.43. The van der Waals surface area contributed by atoms with Gasteiger partial charge < -0.3 is 10.6 Å². The Kier molecular flexibility index (Phi) is 4.71. The molecule has 1 aliphatic rings. The fourth-order valence-electron chi connectivity index (χ4n) is 1.42. The highest BCUT2D eigenvalue weighted by molar-refractivity contribution is 6.39. The number of aryl methyl sites for hydroxylation is 1. The van der Waals surface area contributed by atoms with E-state index in [4.69, 9.17) is 23.2 Å². The van der Waals surface area contributed by atoms with Crippen LogP contribution in [0.4, 0.5) is 5.69 Å². The summed E-state index contributed by atoms with van der Waals surface area (Å²) in [4.78, 5) is 4.21. The quantitative estimate of drug-likeness (QED) is 0.829. The average molecular weight is 281 g/mol. The van der Waals surface area contributed by atoms with E-state index in [1.54, 1.807) is 0 Å². The van der Waals surface area contributed by atoms with Gasteiger partial charge in [-0.3, -0.25) is 4.99 Å². The van der Waals surface area contributed by atoms with Crippen molar-refractivity contribution in [2.45, 2.75) is 6.92 Å². The van der Waals surface area contributed by atoms with Crippen molar-refractivity contribution < 1.29 is 0 Å². The van der Waals surface area contributed by atoms with Crippen LogP contribution in [0.15, 0.2) is 17.1 Å². The van der Waals surface area contributed by atoms with Gasteiger partial charge in [-0.15, -0.1) is 12.4 Å². The zero-order valence-electron chi connectivity index (χ0n) is 8.68. The van der Waals surface area contributed by atoms with E-state index in [9.17, 15) is 0 Å². The lowest BCUT2D eigenvalue weighted by molar-refractivity contribution is 0.959. The van der Waals surface area contributed by atoms with E-state index in [1.807, 2.05) is 19.1 Å². The third kappa shape index (κ3) is 2.94. The highest BCUT2D eigenvalue weighted by atomic mass is 35.5. The molecule has 2 rings (SSSR count). The zero-order valence-corrected chi connectivity index (χ0v) is 11.0. The largest absolute Gasteiger partial charge is 0.354 e. The zero-order chi connectivity index (χ0) is 10.8. The molecule has 1 aliphatic heterocycles. The highest BCUT2D eigenvalue weighted by Gasteiger charge is 2.11. The van der Waals surface area contributed by atoms with Crippen LogP contribution in [0, 0.1) is 6.92 Å². The topological polar surface area (TPSA) is 36.4 Å². The predicted octanol–water partition coefficient (Wildman–Crippen LogP) is 3.09. The van der Waals surface area contributed by atoms with Crippen molar-refractivity contribution in [1.29, 1.82) is 0 Å². The first-order valence-electron chi connectivity index (χ1n) is 4.68. The molecule has 1 aromatic rings. The second kappa shape index (κ2) is 5.62. The summed E-state index contributed by atoms with van der Waals surface area (Å²) < 4.78 is 0. The summed E-state index contributed by atoms with van der Waals surface area (Å²) in [5.74, 6) is 0.725. The van der Waals surface area contributed by atoms with Crippen LogP contribution in [0.25, 0.3) is 0 Å². The molecule has 0 spiro atoms. The summed E-state index contributed by atoms with van der Waals surface area (Å²) in [7, 11) is 0. The summed E-state index contributed by atoms with van der Waals surface area (Å²) in [6, 6.07) is 3.73. The Morgan fingerprint density at radius 1 is 1.31 bits per heavy atom. The number of halogens is 3. The van der Waals surface area contributed by atoms with E-state index in [0.717, 1.165) is 24.6 Å². The number of rotatable bonds is 1. The van der Waals surface area contributed by atoms with Crippen LogP contribution >= 0.6 is 35.6 Å². The fourth-order valence-corrected chi connectivity index (χ4v) is 2.11. The maximum Gasteiger partial charge on any atom is 0.196 e. The highest BCUT2D eigenvalue weighted by Crippen LogP contribution is 2.31. The maximum absolute atomic E-state index is 6.08. The standard InChI is InChI=1S/C10H11Cl2N3.ClH/c1-6-4-7(11)9(8(12)5-6)15-10-13-2-3-14-10;/h4-5H,2-3H2,1H3,(H2,13,14,15);1H. The summed E-state index contributed by atoms with van der Waals surface area (Å²) >= 11 is 12.2. The van der Waals surface area contributed by atoms with Crippen LogP contribution in [0.3, 0.4) is 0 Å². The van der Waals surface area contributed by atoms with E-state index in [1.165, 1.54) is 0 Å². The van der Waals surface area contributed by atoms with Gasteiger partial charge in [0.2, 0.25) is 0 Å². The molecular formula is C10H12Cl3N3. The monoisotopic (exact) mass is 279 g/mol. The Morgan fingerprint density at radius 3 is 2.44 bits per heavy atom. The molecule has 0 aromatic heterocycles. The Morgan fingerprint density at radius 2 is 1.94 bits per heavy atom. The lowest BCUT2D eigenvalue weighted by atomic mass is 10.2. The second-order valence-corrected chi connectivity index (χ2v) is 4.20. The number of nitrogens with one attached hydrogen (secondary N) is 2. The molecule has 0 atom stereocenters. The Balaban J connectivity index is 0.00000128. The molecule has 1 aromatic carbocycles. The van der Waals surface area contributed by atoms with Crippen molar-refractivity contribution in [3.05, 3.63) is 27.7 Å². The van der Waals surface area contributed by atoms with E-state index in [2.05, 4.69) is 15.6 Å². The van der Waals surface area contributed by atoms with Crippen LogP contribution in [0.1, 0.15) is 5.56 Å². The molecule has 0 amide bonds. The number of nitrogens with zero attached hydrogens (tertiary/aromatic N) is 1. The molecule has 3 nitrogen and oxygen atoms in total. The van der Waals surface area contributed by atoms with E-state index in [-0.39, 0.29) is 12.4 Å². The molecule has 0 unspecified atom stereocenters. The van der Waals surface area contributed by atoms with Gasteiger partial charge in [0.05, 0.1) is 22.3 Å². The molecule has 0 aliphatic carbocycles. The second-order valence-electron chi connectivity index (χ2n) is 3.39. The Hall–Kier alpha value is -0.640. The Labute approximate surface area is 111 Å². The molecule has 6 heteroatoms. The van der Waals surface area contributed by atoms with Gasteiger partial charge in [-0.05, 0) is 24.6 Å². The molecule has 16 heavy (non-hydrogen) atoms. The lowest BCUT2D eigenvalue weighted by Crippen LogP contribution is -2.26. The minimum absolute atomic E-state index is 0. The summed E-state index contributed by atoms with van der Waals surface area (Å²) in [6.07, 6.45) is 0. The van der Waals surface area contributed by atoms with Crippen LogP contribution in [-0.4, -0.2) is 19.0 Å². The summed E-state index contributed by atoms with van der Waals surface area (Å²) in [5, 5.41) is 7.39. The number of guanidine groups is 1. The van der Waals surface area contributed by atoms with Crippen molar-refractivity contribution in [2.75, 3.05) is 18.4 Å². The number of benzene rings is 1. The van der Waals surface area contributed by atoms with E-state index < -0.39 is 0 Å². The SMILES string of the molecule is Cc1cc(Cl)c(NC2=NCCN2)c(Cl)c1.Cl. The third-order valence-electron chi connectivity index (χ3n) is 2.10. The molecule has 0 bridgehead atoms. The third-order valence-corrected chi connectivity index (χ3v) is 2.70. The fraction of sp³-hybridized carbons (Fsp3) is 0.300. The minimum atomic E-state index is 0. The molecule has 0 fully saturated rings. The smallest absolute Gasteiger partial charge is 0.196 e. The van der Waals surface area contributed by atoms with Crippen molar-refractivity contribution in [1.82, 2.24) is 5.32 Å². The van der Waals surface area contributed by atoms with Crippen LogP contribution < -0.4 is 10.6 Å². The van der Waals surface area contributed by atoms with Gasteiger partial charge in [0.15, 0.2) is 5.96 Å². The molecule has 0 radical (unpaired) electrons. The number of anilines is 1. The molecule has 0 saturated heterocycles. The van der Waals surface area contributed by atoms with Crippen LogP contribution in [-0.2, 0) is 0 Å². The van der Waals surface area contributed by atoms with Crippen LogP contribution in [0.2, 0.25) is 10.0 Å². The number of hydrogen-bond acceptors (Lipinski definition) is 3. The summed E-state index contributed by atoms with van der Waals surface area (Å²) in [5.41, 5.74) is 1.74. The first-order chi connectivity index (χ1) is 7.16. The van der Waals surface area contributed by atoms with Gasteiger partial charge in [0.25, 0.3) is 0 Å². The van der Waals surface area contributed by atoms with Crippen molar-refractivity contribution >= 4 is 47.3 Å². The van der Waals surface area contributed by atoms with Gasteiger partial charge in [0.1, 0.15) is 0 Å². The number of hydrogen-bond donors (Lipinski definition) is 2.